The number of carboxylic acid groups (broad SMARTS) is 1. The lowest BCUT2D eigenvalue weighted by atomic mass is 10.1. The second-order valence-electron chi connectivity index (χ2n) is 4.35. The average molecular weight is 249 g/mol. The number of carboxylic acids is 1. The summed E-state index contributed by atoms with van der Waals surface area (Å²) in [5.74, 6) is -0.284. The molecule has 1 N–H and O–H groups in total. The molecule has 0 bridgehead atoms. The maximum atomic E-state index is 11.0. The molecule has 1 aromatic heterocycles. The number of nitrogens with zero attached hydrogens (tertiary/aromatic N) is 1. The third-order valence-electron chi connectivity index (χ3n) is 2.89. The lowest BCUT2D eigenvalue weighted by Gasteiger charge is -2.08. The molecule has 1 aromatic carbocycles. The third kappa shape index (κ3) is 2.05. The normalized spacial score (nSPS) is 11.3. The van der Waals surface area contributed by atoms with Crippen LogP contribution in [0.1, 0.15) is 35.8 Å². The Labute approximate surface area is 105 Å². The predicted octanol–water partition coefficient (Wildman–Crippen LogP) is 3.35. The Morgan fingerprint density at radius 2 is 2.18 bits per heavy atom. The van der Waals surface area contributed by atoms with Crippen molar-refractivity contribution >= 4 is 29.5 Å². The summed E-state index contributed by atoms with van der Waals surface area (Å²) in [5.41, 5.74) is 2.45. The van der Waals surface area contributed by atoms with Crippen LogP contribution in [0.3, 0.4) is 0 Å². The van der Waals surface area contributed by atoms with Crippen LogP contribution in [0, 0.1) is 0 Å². The molecule has 0 amide bonds. The summed E-state index contributed by atoms with van der Waals surface area (Å²) in [6, 6.07) is 5.58. The van der Waals surface area contributed by atoms with E-state index in [0.717, 1.165) is 16.5 Å². The zero-order chi connectivity index (χ0) is 12.6. The highest BCUT2D eigenvalue weighted by molar-refractivity contribution is 7.79. The standard InChI is InChI=1S/C13H15NO2S/c1-8(2)14-6-10(7-17)11-5-9(13(15)16)3-4-12(11)14/h3-6,8,17H,7H2,1-2H3,(H,15,16). The van der Waals surface area contributed by atoms with Crippen molar-refractivity contribution < 1.29 is 9.90 Å². The molecular weight excluding hydrogens is 234 g/mol. The Kier molecular flexibility index (Phi) is 3.15. The molecule has 17 heavy (non-hydrogen) atoms. The largest absolute Gasteiger partial charge is 0.478 e. The first-order valence-electron chi connectivity index (χ1n) is 5.52. The molecule has 0 radical (unpaired) electrons. The Hall–Kier alpha value is -1.42. The maximum Gasteiger partial charge on any atom is 0.335 e. The summed E-state index contributed by atoms with van der Waals surface area (Å²) >= 11 is 4.29. The fraction of sp³-hybridized carbons (Fsp3) is 0.308. The second-order valence-corrected chi connectivity index (χ2v) is 4.67. The Bertz CT molecular complexity index is 572. The van der Waals surface area contributed by atoms with Gasteiger partial charge in [-0.05, 0) is 37.6 Å². The van der Waals surface area contributed by atoms with E-state index in [1.807, 2.05) is 12.3 Å². The minimum Gasteiger partial charge on any atom is -0.478 e. The molecule has 0 unspecified atom stereocenters. The van der Waals surface area contributed by atoms with E-state index in [1.165, 1.54) is 0 Å². The molecule has 0 aliphatic carbocycles. The summed E-state index contributed by atoms with van der Waals surface area (Å²) in [7, 11) is 0. The summed E-state index contributed by atoms with van der Waals surface area (Å²) in [5, 5.41) is 9.98. The van der Waals surface area contributed by atoms with Crippen LogP contribution in [-0.4, -0.2) is 15.6 Å². The smallest absolute Gasteiger partial charge is 0.335 e. The molecule has 0 aliphatic rings. The summed E-state index contributed by atoms with van der Waals surface area (Å²) < 4.78 is 2.15. The van der Waals surface area contributed by atoms with Crippen LogP contribution in [0.2, 0.25) is 0 Å². The Morgan fingerprint density at radius 3 is 2.71 bits per heavy atom. The Morgan fingerprint density at radius 1 is 1.47 bits per heavy atom. The molecule has 2 rings (SSSR count). The van der Waals surface area contributed by atoms with Gasteiger partial charge >= 0.3 is 5.97 Å². The highest BCUT2D eigenvalue weighted by Gasteiger charge is 2.12. The third-order valence-corrected chi connectivity index (χ3v) is 3.23. The molecule has 0 spiro atoms. The van der Waals surface area contributed by atoms with Crippen molar-refractivity contribution in [3.63, 3.8) is 0 Å². The van der Waals surface area contributed by atoms with Gasteiger partial charge in [0, 0.05) is 28.9 Å². The molecule has 0 saturated heterocycles. The van der Waals surface area contributed by atoms with E-state index in [9.17, 15) is 4.79 Å². The molecule has 90 valence electrons. The molecule has 3 nitrogen and oxygen atoms in total. The number of hydrogen-bond donors (Lipinski definition) is 2. The fourth-order valence-corrected chi connectivity index (χ4v) is 2.26. The van der Waals surface area contributed by atoms with Crippen molar-refractivity contribution in [3.05, 3.63) is 35.5 Å². The van der Waals surface area contributed by atoms with Crippen molar-refractivity contribution in [2.45, 2.75) is 25.6 Å². The van der Waals surface area contributed by atoms with E-state index in [1.54, 1.807) is 12.1 Å². The van der Waals surface area contributed by atoms with Gasteiger partial charge in [-0.15, -0.1) is 0 Å². The molecule has 1 heterocycles. The van der Waals surface area contributed by atoms with Crippen LogP contribution in [0.4, 0.5) is 0 Å². The van der Waals surface area contributed by atoms with Crippen LogP contribution in [0.25, 0.3) is 10.9 Å². The minimum absolute atomic E-state index is 0.321. The van der Waals surface area contributed by atoms with Gasteiger partial charge in [-0.2, -0.15) is 12.6 Å². The number of fused-ring (bicyclic) bond motifs is 1. The number of hydrogen-bond acceptors (Lipinski definition) is 2. The number of carbonyl (C=O) groups is 1. The van der Waals surface area contributed by atoms with E-state index in [0.29, 0.717) is 17.4 Å². The lowest BCUT2D eigenvalue weighted by molar-refractivity contribution is 0.0697. The molecular formula is C13H15NO2S. The quantitative estimate of drug-likeness (QED) is 0.819. The van der Waals surface area contributed by atoms with Gasteiger partial charge in [0.25, 0.3) is 0 Å². The Balaban J connectivity index is 2.72. The number of aromatic carboxylic acids is 1. The summed E-state index contributed by atoms with van der Waals surface area (Å²) in [6.07, 6.45) is 2.05. The van der Waals surface area contributed by atoms with Crippen molar-refractivity contribution in [1.82, 2.24) is 4.57 Å². The number of benzene rings is 1. The zero-order valence-corrected chi connectivity index (χ0v) is 10.7. The number of aromatic nitrogens is 1. The second kappa shape index (κ2) is 4.45. The van der Waals surface area contributed by atoms with Gasteiger partial charge in [0.1, 0.15) is 0 Å². The van der Waals surface area contributed by atoms with E-state index in [-0.39, 0.29) is 0 Å². The van der Waals surface area contributed by atoms with Gasteiger partial charge in [0.05, 0.1) is 5.56 Å². The van der Waals surface area contributed by atoms with Crippen LogP contribution >= 0.6 is 12.6 Å². The predicted molar refractivity (Wildman–Crippen MR) is 72.0 cm³/mol. The molecule has 2 aromatic rings. The lowest BCUT2D eigenvalue weighted by Crippen LogP contribution is -1.99. The van der Waals surface area contributed by atoms with Gasteiger partial charge < -0.3 is 9.67 Å². The molecule has 0 aliphatic heterocycles. The van der Waals surface area contributed by atoms with E-state index in [4.69, 9.17) is 5.11 Å². The topological polar surface area (TPSA) is 42.2 Å². The van der Waals surface area contributed by atoms with Crippen LogP contribution < -0.4 is 0 Å². The molecule has 0 saturated carbocycles. The van der Waals surface area contributed by atoms with Gasteiger partial charge in [-0.3, -0.25) is 0 Å². The first-order chi connectivity index (χ1) is 8.04. The summed E-state index contributed by atoms with van der Waals surface area (Å²) in [4.78, 5) is 11.0. The zero-order valence-electron chi connectivity index (χ0n) is 9.84. The molecule has 0 atom stereocenters. The molecule has 0 fully saturated rings. The van der Waals surface area contributed by atoms with Crippen molar-refractivity contribution in [3.8, 4) is 0 Å². The van der Waals surface area contributed by atoms with Gasteiger partial charge in [0.2, 0.25) is 0 Å². The number of rotatable bonds is 3. The first kappa shape index (κ1) is 12.0. The highest BCUT2D eigenvalue weighted by atomic mass is 32.1. The van der Waals surface area contributed by atoms with E-state index >= 15 is 0 Å². The van der Waals surface area contributed by atoms with Gasteiger partial charge in [-0.25, -0.2) is 4.79 Å². The van der Waals surface area contributed by atoms with Crippen molar-refractivity contribution in [2.24, 2.45) is 0 Å². The minimum atomic E-state index is -0.894. The SMILES string of the molecule is CC(C)n1cc(CS)c2cc(C(=O)O)ccc21. The highest BCUT2D eigenvalue weighted by Crippen LogP contribution is 2.26. The van der Waals surface area contributed by atoms with Crippen LogP contribution in [-0.2, 0) is 5.75 Å². The van der Waals surface area contributed by atoms with E-state index in [2.05, 4.69) is 31.0 Å². The van der Waals surface area contributed by atoms with Crippen molar-refractivity contribution in [2.75, 3.05) is 0 Å². The van der Waals surface area contributed by atoms with Gasteiger partial charge in [-0.1, -0.05) is 0 Å². The van der Waals surface area contributed by atoms with Crippen molar-refractivity contribution in [1.29, 1.82) is 0 Å². The summed E-state index contributed by atoms with van der Waals surface area (Å²) in [6.45, 7) is 4.21. The van der Waals surface area contributed by atoms with E-state index < -0.39 is 5.97 Å². The van der Waals surface area contributed by atoms with Gasteiger partial charge in [0.15, 0.2) is 0 Å². The average Bonchev–Trinajstić information content (AvgIpc) is 2.66. The fourth-order valence-electron chi connectivity index (χ4n) is 2.01. The monoisotopic (exact) mass is 249 g/mol. The maximum absolute atomic E-state index is 11.0. The number of thiol groups is 1. The first-order valence-corrected chi connectivity index (χ1v) is 6.15. The van der Waals surface area contributed by atoms with Crippen LogP contribution in [0.15, 0.2) is 24.4 Å². The molecule has 4 heteroatoms. The van der Waals surface area contributed by atoms with Crippen LogP contribution in [0.5, 0.6) is 0 Å².